The van der Waals surface area contributed by atoms with E-state index in [1.165, 1.54) is 19.2 Å². The third kappa shape index (κ3) is 1.91. The Bertz CT molecular complexity index is 333. The summed E-state index contributed by atoms with van der Waals surface area (Å²) in [6.07, 6.45) is 0.580. The zero-order chi connectivity index (χ0) is 9.84. The molecule has 0 aliphatic rings. The standard InChI is InChI=1S/C9H9NO3/c1-10(13)9(12)8-5-3-2-4-7(8)6-11/h2-6,13H,1H3. The summed E-state index contributed by atoms with van der Waals surface area (Å²) in [5.74, 6) is -0.595. The number of hydrogen-bond donors (Lipinski definition) is 1. The van der Waals surface area contributed by atoms with Crippen molar-refractivity contribution in [2.24, 2.45) is 0 Å². The Morgan fingerprint density at radius 2 is 2.08 bits per heavy atom. The molecule has 0 fully saturated rings. The molecule has 0 spiro atoms. The largest absolute Gasteiger partial charge is 0.298 e. The van der Waals surface area contributed by atoms with E-state index in [1.807, 2.05) is 0 Å². The molecule has 13 heavy (non-hydrogen) atoms. The predicted molar refractivity (Wildman–Crippen MR) is 45.7 cm³/mol. The first kappa shape index (κ1) is 9.41. The number of amides is 1. The molecule has 0 saturated heterocycles. The molecule has 0 aromatic heterocycles. The third-order valence-electron chi connectivity index (χ3n) is 1.61. The number of nitrogens with zero attached hydrogens (tertiary/aromatic N) is 1. The average Bonchev–Trinajstić information content (AvgIpc) is 2.16. The SMILES string of the molecule is CN(O)C(=O)c1ccccc1C=O. The maximum absolute atomic E-state index is 11.2. The molecule has 4 nitrogen and oxygen atoms in total. The average molecular weight is 179 g/mol. The molecule has 1 aromatic rings. The fraction of sp³-hybridized carbons (Fsp3) is 0.111. The van der Waals surface area contributed by atoms with Gasteiger partial charge in [-0.25, -0.2) is 5.06 Å². The van der Waals surface area contributed by atoms with E-state index in [0.717, 1.165) is 0 Å². The van der Waals surface area contributed by atoms with Crippen LogP contribution in [-0.2, 0) is 0 Å². The molecule has 0 bridgehead atoms. The van der Waals surface area contributed by atoms with Gasteiger partial charge in [0.2, 0.25) is 0 Å². The highest BCUT2D eigenvalue weighted by molar-refractivity contribution is 6.00. The zero-order valence-corrected chi connectivity index (χ0v) is 7.10. The molecule has 1 amide bonds. The quantitative estimate of drug-likeness (QED) is 0.418. The van der Waals surface area contributed by atoms with Crippen molar-refractivity contribution in [3.05, 3.63) is 35.4 Å². The minimum absolute atomic E-state index is 0.197. The van der Waals surface area contributed by atoms with E-state index in [9.17, 15) is 9.59 Å². The highest BCUT2D eigenvalue weighted by Crippen LogP contribution is 2.07. The second kappa shape index (κ2) is 3.82. The summed E-state index contributed by atoms with van der Waals surface area (Å²) in [7, 11) is 1.21. The maximum atomic E-state index is 11.2. The van der Waals surface area contributed by atoms with E-state index in [4.69, 9.17) is 5.21 Å². The molecule has 0 aliphatic heterocycles. The number of carbonyl (C=O) groups is 2. The van der Waals surface area contributed by atoms with Crippen molar-refractivity contribution in [1.29, 1.82) is 0 Å². The Kier molecular flexibility index (Phi) is 2.76. The Hall–Kier alpha value is -1.68. The first-order chi connectivity index (χ1) is 6.16. The number of aldehydes is 1. The summed E-state index contributed by atoms with van der Waals surface area (Å²) in [6.45, 7) is 0. The second-order valence-electron chi connectivity index (χ2n) is 2.53. The predicted octanol–water partition coefficient (Wildman–Crippen LogP) is 0.960. The van der Waals surface area contributed by atoms with Gasteiger partial charge in [-0.3, -0.25) is 14.8 Å². The van der Waals surface area contributed by atoms with Gasteiger partial charge in [0.05, 0.1) is 5.56 Å². The van der Waals surface area contributed by atoms with Gasteiger partial charge in [0.25, 0.3) is 5.91 Å². The summed E-state index contributed by atoms with van der Waals surface area (Å²) >= 11 is 0. The summed E-state index contributed by atoms with van der Waals surface area (Å²) in [5.41, 5.74) is 0.468. The van der Waals surface area contributed by atoms with Crippen LogP contribution >= 0.6 is 0 Å². The molecular formula is C9H9NO3. The van der Waals surface area contributed by atoms with Crippen LogP contribution < -0.4 is 0 Å². The Labute approximate surface area is 75.4 Å². The lowest BCUT2D eigenvalue weighted by atomic mass is 10.1. The first-order valence-corrected chi connectivity index (χ1v) is 3.68. The fourth-order valence-electron chi connectivity index (χ4n) is 0.969. The van der Waals surface area contributed by atoms with Crippen molar-refractivity contribution in [2.45, 2.75) is 0 Å². The lowest BCUT2D eigenvalue weighted by molar-refractivity contribution is -0.0375. The number of carbonyl (C=O) groups excluding carboxylic acids is 2. The smallest absolute Gasteiger partial charge is 0.277 e. The highest BCUT2D eigenvalue weighted by atomic mass is 16.5. The van der Waals surface area contributed by atoms with E-state index in [0.29, 0.717) is 11.3 Å². The molecule has 0 saturated carbocycles. The maximum Gasteiger partial charge on any atom is 0.277 e. The van der Waals surface area contributed by atoms with Crippen molar-refractivity contribution >= 4 is 12.2 Å². The van der Waals surface area contributed by atoms with Gasteiger partial charge in [-0.15, -0.1) is 0 Å². The van der Waals surface area contributed by atoms with Gasteiger partial charge in [-0.05, 0) is 6.07 Å². The molecule has 0 atom stereocenters. The van der Waals surface area contributed by atoms with Gasteiger partial charge in [0.15, 0.2) is 6.29 Å². The topological polar surface area (TPSA) is 57.6 Å². The van der Waals surface area contributed by atoms with E-state index in [1.54, 1.807) is 12.1 Å². The van der Waals surface area contributed by atoms with E-state index in [2.05, 4.69) is 0 Å². The third-order valence-corrected chi connectivity index (χ3v) is 1.61. The van der Waals surface area contributed by atoms with Gasteiger partial charge in [-0.2, -0.15) is 0 Å². The minimum atomic E-state index is -0.595. The minimum Gasteiger partial charge on any atom is -0.298 e. The fourth-order valence-corrected chi connectivity index (χ4v) is 0.969. The molecule has 1 rings (SSSR count). The van der Waals surface area contributed by atoms with Crippen molar-refractivity contribution < 1.29 is 14.8 Å². The van der Waals surface area contributed by atoms with Crippen LogP contribution in [0.1, 0.15) is 20.7 Å². The van der Waals surface area contributed by atoms with Gasteiger partial charge in [-0.1, -0.05) is 18.2 Å². The van der Waals surface area contributed by atoms with Gasteiger partial charge >= 0.3 is 0 Å². The van der Waals surface area contributed by atoms with Crippen LogP contribution in [0.15, 0.2) is 24.3 Å². The van der Waals surface area contributed by atoms with Crippen molar-refractivity contribution in [3.63, 3.8) is 0 Å². The zero-order valence-electron chi connectivity index (χ0n) is 7.10. The van der Waals surface area contributed by atoms with Crippen LogP contribution in [0.5, 0.6) is 0 Å². The van der Waals surface area contributed by atoms with E-state index in [-0.39, 0.29) is 11.1 Å². The number of hydroxylamine groups is 2. The molecule has 0 radical (unpaired) electrons. The lowest BCUT2D eigenvalue weighted by Gasteiger charge is -2.09. The lowest BCUT2D eigenvalue weighted by Crippen LogP contribution is -2.23. The van der Waals surface area contributed by atoms with Crippen molar-refractivity contribution in [2.75, 3.05) is 7.05 Å². The Balaban J connectivity index is 3.13. The summed E-state index contributed by atoms with van der Waals surface area (Å²) in [6, 6.07) is 6.28. The van der Waals surface area contributed by atoms with Crippen LogP contribution in [-0.4, -0.2) is 29.5 Å². The van der Waals surface area contributed by atoms with Crippen molar-refractivity contribution in [3.8, 4) is 0 Å². The van der Waals surface area contributed by atoms with Crippen LogP contribution in [0.4, 0.5) is 0 Å². The Morgan fingerprint density at radius 3 is 2.62 bits per heavy atom. The molecule has 4 heteroatoms. The second-order valence-corrected chi connectivity index (χ2v) is 2.53. The van der Waals surface area contributed by atoms with Crippen LogP contribution in [0.2, 0.25) is 0 Å². The van der Waals surface area contributed by atoms with Crippen LogP contribution in [0.3, 0.4) is 0 Å². The molecule has 0 unspecified atom stereocenters. The summed E-state index contributed by atoms with van der Waals surface area (Å²) < 4.78 is 0. The number of benzene rings is 1. The van der Waals surface area contributed by atoms with Crippen molar-refractivity contribution in [1.82, 2.24) is 5.06 Å². The van der Waals surface area contributed by atoms with Gasteiger partial charge < -0.3 is 0 Å². The molecule has 1 N–H and O–H groups in total. The monoisotopic (exact) mass is 179 g/mol. The normalized spacial score (nSPS) is 9.38. The van der Waals surface area contributed by atoms with E-state index >= 15 is 0 Å². The van der Waals surface area contributed by atoms with Crippen LogP contribution in [0.25, 0.3) is 0 Å². The van der Waals surface area contributed by atoms with E-state index < -0.39 is 5.91 Å². The van der Waals surface area contributed by atoms with Gasteiger partial charge in [0, 0.05) is 12.6 Å². The molecule has 1 aromatic carbocycles. The highest BCUT2D eigenvalue weighted by Gasteiger charge is 2.12. The van der Waals surface area contributed by atoms with Crippen LogP contribution in [0, 0.1) is 0 Å². The number of rotatable bonds is 2. The molecular weight excluding hydrogens is 170 g/mol. The molecule has 0 aliphatic carbocycles. The van der Waals surface area contributed by atoms with Gasteiger partial charge in [0.1, 0.15) is 0 Å². The summed E-state index contributed by atoms with van der Waals surface area (Å²) in [4.78, 5) is 21.7. The molecule has 0 heterocycles. The first-order valence-electron chi connectivity index (χ1n) is 3.68. The Morgan fingerprint density at radius 1 is 1.46 bits per heavy atom. The number of hydrogen-bond acceptors (Lipinski definition) is 3. The molecule has 68 valence electrons. The summed E-state index contributed by atoms with van der Waals surface area (Å²) in [5, 5.41) is 9.31.